The molecular formula is C26H46O. The van der Waals surface area contributed by atoms with Crippen LogP contribution in [0.2, 0.25) is 0 Å². The topological polar surface area (TPSA) is 17.1 Å². The van der Waals surface area contributed by atoms with Crippen molar-refractivity contribution in [3.05, 3.63) is 0 Å². The predicted octanol–water partition coefficient (Wildman–Crippen LogP) is 7.68. The fraction of sp³-hybridized carbons (Fsp3) is 0.962. The standard InChI is InChI=1S/C26H46O/c1-7-23(18(2)11-12-19(3)27)25(5)17-15-24-22(20(25)4)14-13-21-10-8-9-16-26(21,24)6/h18,20-24H,7-17H2,1-6H3/t18?,20?,21-,22?,23+,24?,25-,26?/m0/s1. The van der Waals surface area contributed by atoms with Crippen LogP contribution in [0, 0.1) is 46.3 Å². The Labute approximate surface area is 169 Å². The van der Waals surface area contributed by atoms with E-state index in [1.807, 2.05) is 0 Å². The van der Waals surface area contributed by atoms with Gasteiger partial charge in [-0.1, -0.05) is 53.9 Å². The SMILES string of the molecule is CC[C@H](C(C)CCC(C)=O)[C@@]1(C)CCC2C(CC[C@@H]3CCCCC23C)C1C. The molecular weight excluding hydrogens is 328 g/mol. The second-order valence-corrected chi connectivity index (χ2v) is 11.4. The monoisotopic (exact) mass is 374 g/mol. The number of carbonyl (C=O) groups excluding carboxylic acids is 1. The van der Waals surface area contributed by atoms with E-state index in [0.717, 1.165) is 42.4 Å². The summed E-state index contributed by atoms with van der Waals surface area (Å²) in [6, 6.07) is 0. The van der Waals surface area contributed by atoms with Gasteiger partial charge in [-0.05, 0) is 98.2 Å². The molecule has 0 N–H and O–H groups in total. The van der Waals surface area contributed by atoms with Crippen molar-refractivity contribution in [3.8, 4) is 0 Å². The van der Waals surface area contributed by atoms with Crippen molar-refractivity contribution >= 4 is 5.78 Å². The molecule has 0 bridgehead atoms. The van der Waals surface area contributed by atoms with E-state index in [-0.39, 0.29) is 0 Å². The first-order valence-electron chi connectivity index (χ1n) is 12.2. The minimum Gasteiger partial charge on any atom is -0.300 e. The number of fused-ring (bicyclic) bond motifs is 3. The molecule has 0 heterocycles. The number of hydrogen-bond acceptors (Lipinski definition) is 1. The van der Waals surface area contributed by atoms with Gasteiger partial charge in [-0.25, -0.2) is 0 Å². The van der Waals surface area contributed by atoms with Gasteiger partial charge < -0.3 is 4.79 Å². The molecule has 3 saturated carbocycles. The van der Waals surface area contributed by atoms with Crippen molar-refractivity contribution in [1.29, 1.82) is 0 Å². The summed E-state index contributed by atoms with van der Waals surface area (Å²) in [6.45, 7) is 14.5. The summed E-state index contributed by atoms with van der Waals surface area (Å²) in [4.78, 5) is 11.5. The van der Waals surface area contributed by atoms with Gasteiger partial charge in [0.2, 0.25) is 0 Å². The molecule has 0 aromatic rings. The molecule has 27 heavy (non-hydrogen) atoms. The summed E-state index contributed by atoms with van der Waals surface area (Å²) in [5.41, 5.74) is 1.10. The van der Waals surface area contributed by atoms with E-state index >= 15 is 0 Å². The fourth-order valence-electron chi connectivity index (χ4n) is 8.48. The van der Waals surface area contributed by atoms with Crippen molar-refractivity contribution < 1.29 is 4.79 Å². The third kappa shape index (κ3) is 3.78. The molecule has 0 amide bonds. The van der Waals surface area contributed by atoms with Crippen LogP contribution in [-0.4, -0.2) is 5.78 Å². The fourth-order valence-corrected chi connectivity index (χ4v) is 8.48. The lowest BCUT2D eigenvalue weighted by Gasteiger charge is -2.62. The Kier molecular flexibility index (Phi) is 6.49. The molecule has 1 heteroatoms. The predicted molar refractivity (Wildman–Crippen MR) is 116 cm³/mol. The second kappa shape index (κ2) is 8.19. The first-order valence-corrected chi connectivity index (χ1v) is 12.2. The lowest BCUT2D eigenvalue weighted by atomic mass is 9.43. The summed E-state index contributed by atoms with van der Waals surface area (Å²) in [7, 11) is 0. The minimum atomic E-state index is 0.363. The first kappa shape index (κ1) is 21.4. The van der Waals surface area contributed by atoms with Gasteiger partial charge in [0.25, 0.3) is 0 Å². The van der Waals surface area contributed by atoms with Crippen molar-refractivity contribution in [3.63, 3.8) is 0 Å². The molecule has 0 aliphatic heterocycles. The number of carbonyl (C=O) groups is 1. The first-order chi connectivity index (χ1) is 12.7. The van der Waals surface area contributed by atoms with Crippen LogP contribution in [0.1, 0.15) is 112 Å². The molecule has 8 atom stereocenters. The van der Waals surface area contributed by atoms with Crippen molar-refractivity contribution in [2.24, 2.45) is 46.3 Å². The second-order valence-electron chi connectivity index (χ2n) is 11.4. The van der Waals surface area contributed by atoms with Crippen molar-refractivity contribution in [2.75, 3.05) is 0 Å². The molecule has 3 rings (SSSR count). The molecule has 0 spiro atoms. The van der Waals surface area contributed by atoms with Gasteiger partial charge in [0.1, 0.15) is 5.78 Å². The Bertz CT molecular complexity index is 524. The number of ketones is 1. The normalized spacial score (nSPS) is 44.1. The van der Waals surface area contributed by atoms with Crippen LogP contribution < -0.4 is 0 Å². The summed E-state index contributed by atoms with van der Waals surface area (Å²) in [5.74, 6) is 5.57. The van der Waals surface area contributed by atoms with Crippen LogP contribution in [0.5, 0.6) is 0 Å². The van der Waals surface area contributed by atoms with E-state index in [0.29, 0.717) is 22.5 Å². The Hall–Kier alpha value is -0.330. The molecule has 3 aliphatic rings. The maximum atomic E-state index is 11.5. The molecule has 0 saturated heterocycles. The molecule has 156 valence electrons. The van der Waals surface area contributed by atoms with Crippen LogP contribution in [0.3, 0.4) is 0 Å². The third-order valence-electron chi connectivity index (χ3n) is 10.3. The van der Waals surface area contributed by atoms with Crippen LogP contribution in [0.4, 0.5) is 0 Å². The zero-order valence-corrected chi connectivity index (χ0v) is 19.2. The molecule has 3 aliphatic carbocycles. The summed E-state index contributed by atoms with van der Waals surface area (Å²) in [6.07, 6.45) is 15.0. The molecule has 1 nitrogen and oxygen atoms in total. The summed E-state index contributed by atoms with van der Waals surface area (Å²) < 4.78 is 0. The largest absolute Gasteiger partial charge is 0.300 e. The van der Waals surface area contributed by atoms with E-state index in [4.69, 9.17) is 0 Å². The van der Waals surface area contributed by atoms with Crippen LogP contribution >= 0.6 is 0 Å². The van der Waals surface area contributed by atoms with Crippen LogP contribution in [-0.2, 0) is 4.79 Å². The zero-order chi connectivity index (χ0) is 19.8. The van der Waals surface area contributed by atoms with Gasteiger partial charge >= 0.3 is 0 Å². The highest BCUT2D eigenvalue weighted by Crippen LogP contribution is 2.64. The highest BCUT2D eigenvalue weighted by molar-refractivity contribution is 5.75. The van der Waals surface area contributed by atoms with E-state index in [2.05, 4.69) is 34.6 Å². The van der Waals surface area contributed by atoms with E-state index in [9.17, 15) is 4.79 Å². The molecule has 0 aromatic heterocycles. The molecule has 5 unspecified atom stereocenters. The lowest BCUT2D eigenvalue weighted by molar-refractivity contribution is -0.129. The van der Waals surface area contributed by atoms with Gasteiger partial charge in [-0.3, -0.25) is 0 Å². The molecule has 0 aromatic carbocycles. The number of Topliss-reactive ketones (excluding diaryl/α,β-unsaturated/α-hetero) is 1. The Morgan fingerprint density at radius 3 is 2.48 bits per heavy atom. The van der Waals surface area contributed by atoms with Gasteiger partial charge in [0.15, 0.2) is 0 Å². The lowest BCUT2D eigenvalue weighted by Crippen LogP contribution is -2.54. The third-order valence-corrected chi connectivity index (χ3v) is 10.3. The molecule has 0 radical (unpaired) electrons. The van der Waals surface area contributed by atoms with Crippen LogP contribution in [0.25, 0.3) is 0 Å². The van der Waals surface area contributed by atoms with Gasteiger partial charge in [-0.15, -0.1) is 0 Å². The minimum absolute atomic E-state index is 0.363. The van der Waals surface area contributed by atoms with Gasteiger partial charge in [0.05, 0.1) is 0 Å². The van der Waals surface area contributed by atoms with E-state index in [1.165, 1.54) is 57.8 Å². The maximum Gasteiger partial charge on any atom is 0.129 e. The highest BCUT2D eigenvalue weighted by Gasteiger charge is 2.56. The van der Waals surface area contributed by atoms with E-state index in [1.54, 1.807) is 6.92 Å². The average molecular weight is 375 g/mol. The Morgan fingerprint density at radius 1 is 1.07 bits per heavy atom. The Balaban J connectivity index is 1.78. The quantitative estimate of drug-likeness (QED) is 0.466. The Morgan fingerprint density at radius 2 is 1.81 bits per heavy atom. The van der Waals surface area contributed by atoms with E-state index < -0.39 is 0 Å². The molecule has 3 fully saturated rings. The number of hydrogen-bond donors (Lipinski definition) is 0. The van der Waals surface area contributed by atoms with Gasteiger partial charge in [-0.2, -0.15) is 0 Å². The van der Waals surface area contributed by atoms with Crippen molar-refractivity contribution in [1.82, 2.24) is 0 Å². The summed E-state index contributed by atoms with van der Waals surface area (Å²) >= 11 is 0. The zero-order valence-electron chi connectivity index (χ0n) is 19.2. The van der Waals surface area contributed by atoms with Crippen LogP contribution in [0.15, 0.2) is 0 Å². The maximum absolute atomic E-state index is 11.5. The van der Waals surface area contributed by atoms with Gasteiger partial charge in [0, 0.05) is 6.42 Å². The highest BCUT2D eigenvalue weighted by atomic mass is 16.1. The summed E-state index contributed by atoms with van der Waals surface area (Å²) in [5, 5.41) is 0. The number of rotatable bonds is 6. The smallest absolute Gasteiger partial charge is 0.129 e. The van der Waals surface area contributed by atoms with Crippen molar-refractivity contribution in [2.45, 2.75) is 112 Å². The average Bonchev–Trinajstić information content (AvgIpc) is 2.63.